The zero-order valence-electron chi connectivity index (χ0n) is 11.0. The van der Waals surface area contributed by atoms with Crippen molar-refractivity contribution in [3.63, 3.8) is 0 Å². The molecule has 108 valence electrons. The van der Waals surface area contributed by atoms with Crippen LogP contribution in [0.1, 0.15) is 29.6 Å². The van der Waals surface area contributed by atoms with Crippen LogP contribution in [0.3, 0.4) is 0 Å². The lowest BCUT2D eigenvalue weighted by Crippen LogP contribution is -2.32. The van der Waals surface area contributed by atoms with E-state index in [1.165, 1.54) is 0 Å². The molecule has 6 heteroatoms. The standard InChI is InChI=1S/C14H16BrClN2O2/c15-11-5-3-4-10(13(11)16)14(20)17-7-6-12(19)18-8-1-2-9-18/h3-5H,1-2,6-9H2,(H,17,20). The molecule has 2 rings (SSSR count). The third kappa shape index (κ3) is 3.73. The first kappa shape index (κ1) is 15.3. The third-order valence-electron chi connectivity index (χ3n) is 3.28. The lowest BCUT2D eigenvalue weighted by atomic mass is 10.2. The minimum Gasteiger partial charge on any atom is -0.351 e. The molecule has 1 aromatic rings. The van der Waals surface area contributed by atoms with Crippen LogP contribution in [0, 0.1) is 0 Å². The molecule has 1 aliphatic heterocycles. The first-order valence-electron chi connectivity index (χ1n) is 6.59. The van der Waals surface area contributed by atoms with Crippen LogP contribution in [0.4, 0.5) is 0 Å². The number of rotatable bonds is 4. The number of benzene rings is 1. The molecule has 0 saturated carbocycles. The van der Waals surface area contributed by atoms with E-state index in [9.17, 15) is 9.59 Å². The quantitative estimate of drug-likeness (QED) is 0.898. The van der Waals surface area contributed by atoms with Gasteiger partial charge in [0.25, 0.3) is 5.91 Å². The first-order valence-corrected chi connectivity index (χ1v) is 7.76. The Morgan fingerprint density at radius 2 is 2.00 bits per heavy atom. The lowest BCUT2D eigenvalue weighted by Gasteiger charge is -2.15. The molecule has 0 aliphatic carbocycles. The average Bonchev–Trinajstić information content (AvgIpc) is 2.95. The lowest BCUT2D eigenvalue weighted by molar-refractivity contribution is -0.129. The summed E-state index contributed by atoms with van der Waals surface area (Å²) in [5.41, 5.74) is 0.412. The SMILES string of the molecule is O=C(NCCC(=O)N1CCCC1)c1cccc(Br)c1Cl. The fourth-order valence-electron chi connectivity index (χ4n) is 2.18. The third-order valence-corrected chi connectivity index (χ3v) is 4.58. The van der Waals surface area contributed by atoms with Gasteiger partial charge in [-0.1, -0.05) is 17.7 Å². The second kappa shape index (κ2) is 7.09. The van der Waals surface area contributed by atoms with E-state index in [2.05, 4.69) is 21.2 Å². The van der Waals surface area contributed by atoms with Gasteiger partial charge in [-0.2, -0.15) is 0 Å². The van der Waals surface area contributed by atoms with Crippen LogP contribution < -0.4 is 5.32 Å². The van der Waals surface area contributed by atoms with Crippen molar-refractivity contribution < 1.29 is 9.59 Å². The fourth-order valence-corrected chi connectivity index (χ4v) is 2.76. The topological polar surface area (TPSA) is 49.4 Å². The Morgan fingerprint density at radius 1 is 1.30 bits per heavy atom. The van der Waals surface area contributed by atoms with Crippen molar-refractivity contribution in [3.05, 3.63) is 33.3 Å². The van der Waals surface area contributed by atoms with Crippen molar-refractivity contribution in [2.45, 2.75) is 19.3 Å². The Morgan fingerprint density at radius 3 is 2.70 bits per heavy atom. The van der Waals surface area contributed by atoms with E-state index in [4.69, 9.17) is 11.6 Å². The van der Waals surface area contributed by atoms with Crippen molar-refractivity contribution in [1.29, 1.82) is 0 Å². The second-order valence-corrected chi connectivity index (χ2v) is 5.93. The highest BCUT2D eigenvalue weighted by Gasteiger charge is 2.18. The van der Waals surface area contributed by atoms with Crippen LogP contribution in [-0.4, -0.2) is 36.3 Å². The predicted molar refractivity (Wildman–Crippen MR) is 81.9 cm³/mol. The molecule has 1 aromatic carbocycles. The molecule has 20 heavy (non-hydrogen) atoms. The number of halogens is 2. The molecule has 1 aliphatic rings. The Hall–Kier alpha value is -1.07. The van der Waals surface area contributed by atoms with E-state index < -0.39 is 0 Å². The normalized spacial score (nSPS) is 14.4. The highest BCUT2D eigenvalue weighted by Crippen LogP contribution is 2.25. The second-order valence-electron chi connectivity index (χ2n) is 4.70. The van der Waals surface area contributed by atoms with Crippen molar-refractivity contribution in [2.75, 3.05) is 19.6 Å². The Balaban J connectivity index is 1.83. The van der Waals surface area contributed by atoms with Crippen molar-refractivity contribution in [3.8, 4) is 0 Å². The molecule has 1 N–H and O–H groups in total. The number of nitrogens with zero attached hydrogens (tertiary/aromatic N) is 1. The van der Waals surface area contributed by atoms with Gasteiger partial charge in [0.15, 0.2) is 0 Å². The van der Waals surface area contributed by atoms with Gasteiger partial charge in [0.2, 0.25) is 5.91 Å². The monoisotopic (exact) mass is 358 g/mol. The molecule has 0 bridgehead atoms. The molecular formula is C14H16BrClN2O2. The molecule has 1 heterocycles. The maximum absolute atomic E-state index is 12.0. The molecular weight excluding hydrogens is 344 g/mol. The maximum Gasteiger partial charge on any atom is 0.252 e. The minimum atomic E-state index is -0.259. The molecule has 0 spiro atoms. The van der Waals surface area contributed by atoms with Crippen molar-refractivity contribution >= 4 is 39.3 Å². The maximum atomic E-state index is 12.0. The largest absolute Gasteiger partial charge is 0.351 e. The molecule has 0 aromatic heterocycles. The Labute approximate surface area is 131 Å². The van der Waals surface area contributed by atoms with E-state index in [1.54, 1.807) is 18.2 Å². The fraction of sp³-hybridized carbons (Fsp3) is 0.429. The molecule has 2 amide bonds. The van der Waals surface area contributed by atoms with Gasteiger partial charge in [-0.25, -0.2) is 0 Å². The summed E-state index contributed by atoms with van der Waals surface area (Å²) in [7, 11) is 0. The Bertz CT molecular complexity index is 516. The zero-order chi connectivity index (χ0) is 14.5. The van der Waals surface area contributed by atoms with Crippen LogP contribution in [0.2, 0.25) is 5.02 Å². The van der Waals surface area contributed by atoms with Gasteiger partial charge in [-0.05, 0) is 40.9 Å². The van der Waals surface area contributed by atoms with E-state index in [0.717, 1.165) is 25.9 Å². The molecule has 4 nitrogen and oxygen atoms in total. The van der Waals surface area contributed by atoms with Gasteiger partial charge in [-0.15, -0.1) is 0 Å². The highest BCUT2D eigenvalue weighted by molar-refractivity contribution is 9.10. The van der Waals surface area contributed by atoms with Crippen LogP contribution in [0.25, 0.3) is 0 Å². The number of amides is 2. The van der Waals surface area contributed by atoms with Crippen LogP contribution >= 0.6 is 27.5 Å². The molecule has 1 saturated heterocycles. The molecule has 0 atom stereocenters. The van der Waals surface area contributed by atoms with Crippen LogP contribution in [-0.2, 0) is 4.79 Å². The number of hydrogen-bond acceptors (Lipinski definition) is 2. The van der Waals surface area contributed by atoms with Gasteiger partial charge in [0.05, 0.1) is 10.6 Å². The number of nitrogens with one attached hydrogen (secondary N) is 1. The molecule has 0 unspecified atom stereocenters. The van der Waals surface area contributed by atoms with Crippen LogP contribution in [0.15, 0.2) is 22.7 Å². The summed E-state index contributed by atoms with van der Waals surface area (Å²) in [4.78, 5) is 25.7. The Kier molecular flexibility index (Phi) is 5.43. The predicted octanol–water partition coefficient (Wildman–Crippen LogP) is 2.84. The summed E-state index contributed by atoms with van der Waals surface area (Å²) in [5, 5.41) is 3.11. The van der Waals surface area contributed by atoms with Gasteiger partial charge < -0.3 is 10.2 Å². The zero-order valence-corrected chi connectivity index (χ0v) is 13.3. The highest BCUT2D eigenvalue weighted by atomic mass is 79.9. The number of carbonyl (C=O) groups excluding carboxylic acids is 2. The van der Waals surface area contributed by atoms with E-state index in [0.29, 0.717) is 28.0 Å². The van der Waals surface area contributed by atoms with E-state index in [-0.39, 0.29) is 11.8 Å². The van der Waals surface area contributed by atoms with Gasteiger partial charge >= 0.3 is 0 Å². The van der Waals surface area contributed by atoms with E-state index >= 15 is 0 Å². The van der Waals surface area contributed by atoms with Gasteiger partial charge in [-0.3, -0.25) is 9.59 Å². The summed E-state index contributed by atoms with van der Waals surface area (Å²) in [6.45, 7) is 2.01. The first-order chi connectivity index (χ1) is 9.59. The number of hydrogen-bond donors (Lipinski definition) is 1. The summed E-state index contributed by atoms with van der Waals surface area (Å²) >= 11 is 9.33. The number of carbonyl (C=O) groups is 2. The summed E-state index contributed by atoms with van der Waals surface area (Å²) in [5.74, 6) is -0.159. The molecule has 1 fully saturated rings. The van der Waals surface area contributed by atoms with Crippen LogP contribution in [0.5, 0.6) is 0 Å². The van der Waals surface area contributed by atoms with Crippen molar-refractivity contribution in [1.82, 2.24) is 10.2 Å². The van der Waals surface area contributed by atoms with E-state index in [1.807, 2.05) is 4.90 Å². The smallest absolute Gasteiger partial charge is 0.252 e. The number of likely N-dealkylation sites (tertiary alicyclic amines) is 1. The van der Waals surface area contributed by atoms with Gasteiger partial charge in [0.1, 0.15) is 0 Å². The summed E-state index contributed by atoms with van der Waals surface area (Å²) in [6, 6.07) is 5.18. The van der Waals surface area contributed by atoms with Crippen molar-refractivity contribution in [2.24, 2.45) is 0 Å². The average molecular weight is 360 g/mol. The van der Waals surface area contributed by atoms with Gasteiger partial charge in [0, 0.05) is 30.5 Å². The molecule has 0 radical (unpaired) electrons. The summed E-state index contributed by atoms with van der Waals surface area (Å²) in [6.07, 6.45) is 2.48. The summed E-state index contributed by atoms with van der Waals surface area (Å²) < 4.78 is 0.681. The minimum absolute atomic E-state index is 0.100.